The molecule has 1 aliphatic rings. The van der Waals surface area contributed by atoms with Gasteiger partial charge in [-0.15, -0.1) is 0 Å². The molecule has 0 amide bonds. The molecule has 2 aromatic carbocycles. The van der Waals surface area contributed by atoms with Crippen LogP contribution < -0.4 is 4.72 Å². The number of nitrogens with zero attached hydrogens (tertiary/aromatic N) is 1. The average molecular weight is 389 g/mol. The topological polar surface area (TPSA) is 58.6 Å². The fourth-order valence-corrected chi connectivity index (χ4v) is 4.73. The first-order valence-corrected chi connectivity index (χ1v) is 11.0. The molecule has 0 aromatic heterocycles. The molecule has 0 radical (unpaired) electrons. The highest BCUT2D eigenvalue weighted by Gasteiger charge is 2.25. The summed E-state index contributed by atoms with van der Waals surface area (Å²) >= 11 is 0. The third kappa shape index (κ3) is 4.96. The van der Waals surface area contributed by atoms with E-state index in [1.807, 2.05) is 19.1 Å². The lowest BCUT2D eigenvalue weighted by molar-refractivity contribution is 0.0172. The van der Waals surface area contributed by atoms with Crippen LogP contribution in [0.5, 0.6) is 0 Å². The van der Waals surface area contributed by atoms with Gasteiger partial charge in [-0.3, -0.25) is 4.90 Å². The van der Waals surface area contributed by atoms with E-state index in [1.54, 1.807) is 12.1 Å². The van der Waals surface area contributed by atoms with Crippen molar-refractivity contribution in [3.63, 3.8) is 0 Å². The van der Waals surface area contributed by atoms with E-state index in [9.17, 15) is 8.42 Å². The molecule has 5 nitrogen and oxygen atoms in total. The van der Waals surface area contributed by atoms with E-state index >= 15 is 0 Å². The van der Waals surface area contributed by atoms with Crippen LogP contribution in [0.3, 0.4) is 0 Å². The van der Waals surface area contributed by atoms with Gasteiger partial charge in [-0.2, -0.15) is 0 Å². The fraction of sp³-hybridized carbons (Fsp3) is 0.429. The summed E-state index contributed by atoms with van der Waals surface area (Å²) in [7, 11) is -3.55. The summed E-state index contributed by atoms with van der Waals surface area (Å²) in [4.78, 5) is 2.64. The Hall–Kier alpha value is -1.73. The highest BCUT2D eigenvalue weighted by molar-refractivity contribution is 7.89. The molecule has 1 fully saturated rings. The average Bonchev–Trinajstić information content (AvgIpc) is 2.69. The highest BCUT2D eigenvalue weighted by atomic mass is 32.2. The van der Waals surface area contributed by atoms with Gasteiger partial charge in [-0.25, -0.2) is 13.1 Å². The fourth-order valence-electron chi connectivity index (χ4n) is 3.45. The molecule has 6 heteroatoms. The zero-order valence-electron chi connectivity index (χ0n) is 16.0. The highest BCUT2D eigenvalue weighted by Crippen LogP contribution is 2.23. The van der Waals surface area contributed by atoms with Crippen LogP contribution in [-0.2, 0) is 21.2 Å². The maximum atomic E-state index is 12.8. The molecule has 1 heterocycles. The van der Waals surface area contributed by atoms with Gasteiger partial charge in [0.15, 0.2) is 0 Å². The number of ether oxygens (including phenoxy) is 1. The summed E-state index contributed by atoms with van der Waals surface area (Å²) < 4.78 is 33.9. The molecule has 0 bridgehead atoms. The SMILES string of the molecule is CCc1ccc(C(CNS(=O)(=O)c2ccccc2C)N2CCOCC2)cc1. The Labute approximate surface area is 162 Å². The van der Waals surface area contributed by atoms with Crippen molar-refractivity contribution in [1.82, 2.24) is 9.62 Å². The first-order chi connectivity index (χ1) is 13.0. The zero-order chi connectivity index (χ0) is 19.3. The number of hydrogen-bond acceptors (Lipinski definition) is 4. The van der Waals surface area contributed by atoms with E-state index in [1.165, 1.54) is 5.56 Å². The number of morpholine rings is 1. The van der Waals surface area contributed by atoms with E-state index in [0.29, 0.717) is 24.7 Å². The van der Waals surface area contributed by atoms with Gasteiger partial charge in [0.1, 0.15) is 0 Å². The number of benzene rings is 2. The van der Waals surface area contributed by atoms with E-state index in [-0.39, 0.29) is 6.04 Å². The monoisotopic (exact) mass is 388 g/mol. The molecule has 1 unspecified atom stereocenters. The maximum Gasteiger partial charge on any atom is 0.240 e. The van der Waals surface area contributed by atoms with E-state index in [4.69, 9.17) is 4.74 Å². The van der Waals surface area contributed by atoms with Crippen molar-refractivity contribution in [3.05, 3.63) is 65.2 Å². The third-order valence-corrected chi connectivity index (χ3v) is 6.69. The van der Waals surface area contributed by atoms with Gasteiger partial charge in [0, 0.05) is 25.7 Å². The largest absolute Gasteiger partial charge is 0.379 e. The molecule has 2 aromatic rings. The summed E-state index contributed by atoms with van der Waals surface area (Å²) in [6.07, 6.45) is 0.989. The number of sulfonamides is 1. The molecule has 1 saturated heterocycles. The predicted molar refractivity (Wildman–Crippen MR) is 107 cm³/mol. The molecule has 0 spiro atoms. The zero-order valence-corrected chi connectivity index (χ0v) is 16.8. The summed E-state index contributed by atoms with van der Waals surface area (Å²) in [5.41, 5.74) is 3.15. The molecular formula is C21H28N2O3S. The third-order valence-electron chi connectivity index (χ3n) is 5.11. The van der Waals surface area contributed by atoms with Crippen LogP contribution in [0.15, 0.2) is 53.4 Å². The summed E-state index contributed by atoms with van der Waals surface area (Å²) in [6.45, 7) is 7.23. The van der Waals surface area contributed by atoms with Crippen LogP contribution in [0.25, 0.3) is 0 Å². The summed E-state index contributed by atoms with van der Waals surface area (Å²) in [5.74, 6) is 0. The summed E-state index contributed by atoms with van der Waals surface area (Å²) in [5, 5.41) is 0. The van der Waals surface area contributed by atoms with E-state index in [0.717, 1.165) is 30.6 Å². The molecular weight excluding hydrogens is 360 g/mol. The van der Waals surface area contributed by atoms with E-state index < -0.39 is 10.0 Å². The van der Waals surface area contributed by atoms with Crippen molar-refractivity contribution in [1.29, 1.82) is 0 Å². The second-order valence-electron chi connectivity index (χ2n) is 6.88. The smallest absolute Gasteiger partial charge is 0.240 e. The number of hydrogen-bond donors (Lipinski definition) is 1. The first kappa shape index (κ1) is 20.0. The molecule has 1 N–H and O–H groups in total. The quantitative estimate of drug-likeness (QED) is 0.792. The van der Waals surface area contributed by atoms with Crippen LogP contribution in [0.2, 0.25) is 0 Å². The molecule has 27 heavy (non-hydrogen) atoms. The number of nitrogens with one attached hydrogen (secondary N) is 1. The van der Waals surface area contributed by atoms with Gasteiger partial charge < -0.3 is 4.74 Å². The van der Waals surface area contributed by atoms with Crippen molar-refractivity contribution in [3.8, 4) is 0 Å². The first-order valence-electron chi connectivity index (χ1n) is 9.47. The maximum absolute atomic E-state index is 12.8. The van der Waals surface area contributed by atoms with Crippen LogP contribution in [0.1, 0.15) is 29.7 Å². The van der Waals surface area contributed by atoms with Crippen LogP contribution in [0.4, 0.5) is 0 Å². The van der Waals surface area contributed by atoms with Gasteiger partial charge in [-0.1, -0.05) is 49.4 Å². The molecule has 0 saturated carbocycles. The van der Waals surface area contributed by atoms with Crippen molar-refractivity contribution >= 4 is 10.0 Å². The van der Waals surface area contributed by atoms with Crippen molar-refractivity contribution < 1.29 is 13.2 Å². The van der Waals surface area contributed by atoms with Gasteiger partial charge >= 0.3 is 0 Å². The number of rotatable bonds is 7. The molecule has 1 aliphatic heterocycles. The minimum atomic E-state index is -3.55. The van der Waals surface area contributed by atoms with Gasteiger partial charge in [-0.05, 0) is 36.1 Å². The predicted octanol–water partition coefficient (Wildman–Crippen LogP) is 2.91. The Morgan fingerprint density at radius 3 is 2.37 bits per heavy atom. The second-order valence-corrected chi connectivity index (χ2v) is 8.61. The van der Waals surface area contributed by atoms with Crippen LogP contribution in [-0.4, -0.2) is 46.2 Å². The van der Waals surface area contributed by atoms with Gasteiger partial charge in [0.25, 0.3) is 0 Å². The Balaban J connectivity index is 1.81. The molecule has 146 valence electrons. The second kappa shape index (κ2) is 8.97. The normalized spacial score (nSPS) is 17.0. The van der Waals surface area contributed by atoms with Gasteiger partial charge in [0.2, 0.25) is 10.0 Å². The van der Waals surface area contributed by atoms with Crippen molar-refractivity contribution in [2.24, 2.45) is 0 Å². The molecule has 1 atom stereocenters. The lowest BCUT2D eigenvalue weighted by Gasteiger charge is -2.35. The van der Waals surface area contributed by atoms with Crippen molar-refractivity contribution in [2.75, 3.05) is 32.8 Å². The Morgan fingerprint density at radius 2 is 1.74 bits per heavy atom. The van der Waals surface area contributed by atoms with Gasteiger partial charge in [0.05, 0.1) is 18.1 Å². The van der Waals surface area contributed by atoms with Crippen LogP contribution in [0, 0.1) is 6.92 Å². The van der Waals surface area contributed by atoms with Crippen LogP contribution >= 0.6 is 0 Å². The standard InChI is InChI=1S/C21H28N2O3S/c1-3-18-8-10-19(11-9-18)20(23-12-14-26-15-13-23)16-22-27(24,25)21-7-5-4-6-17(21)2/h4-11,20,22H,3,12-16H2,1-2H3. The molecule has 0 aliphatic carbocycles. The minimum absolute atomic E-state index is 0.0152. The molecule has 3 rings (SSSR count). The lowest BCUT2D eigenvalue weighted by Crippen LogP contribution is -2.43. The minimum Gasteiger partial charge on any atom is -0.379 e. The number of aryl methyl sites for hydroxylation is 2. The summed E-state index contributed by atoms with van der Waals surface area (Å²) in [6, 6.07) is 15.5. The lowest BCUT2D eigenvalue weighted by atomic mass is 10.0. The van der Waals surface area contributed by atoms with E-state index in [2.05, 4.69) is 40.8 Å². The Kier molecular flexibility index (Phi) is 6.65. The van der Waals surface area contributed by atoms with Crippen molar-refractivity contribution in [2.45, 2.75) is 31.2 Å². The Morgan fingerprint density at radius 1 is 1.07 bits per heavy atom. The Bertz CT molecular complexity index is 844.